The molecule has 2 aromatic rings. The van der Waals surface area contributed by atoms with Gasteiger partial charge in [0.05, 0.1) is 12.2 Å². The molecule has 1 fully saturated rings. The van der Waals surface area contributed by atoms with Crippen LogP contribution in [0.4, 0.5) is 0 Å². The molecule has 0 atom stereocenters. The summed E-state index contributed by atoms with van der Waals surface area (Å²) in [6.45, 7) is 4.52. The molecule has 0 bridgehead atoms. The van der Waals surface area contributed by atoms with Gasteiger partial charge >= 0.3 is 0 Å². The van der Waals surface area contributed by atoms with Crippen LogP contribution >= 0.6 is 0 Å². The number of amides is 2. The second kappa shape index (κ2) is 8.73. The molecule has 0 aliphatic carbocycles. The highest BCUT2D eigenvalue weighted by Gasteiger charge is 2.29. The van der Waals surface area contributed by atoms with E-state index in [-0.39, 0.29) is 11.8 Å². The number of aryl methyl sites for hydroxylation is 1. The SMILES string of the molecule is CN1CCCN(C(=O)c2n[nH]c3c2CCN(C(=O)CCc2cccnc2)C3)CC1. The molecular weight excluding hydrogens is 368 g/mol. The molecule has 0 radical (unpaired) electrons. The number of carbonyl (C=O) groups excluding carboxylic acids is 2. The maximum Gasteiger partial charge on any atom is 0.274 e. The average molecular weight is 396 g/mol. The molecule has 0 spiro atoms. The van der Waals surface area contributed by atoms with E-state index in [9.17, 15) is 9.59 Å². The van der Waals surface area contributed by atoms with Crippen LogP contribution in [-0.2, 0) is 24.2 Å². The fourth-order valence-electron chi connectivity index (χ4n) is 4.06. The zero-order valence-electron chi connectivity index (χ0n) is 16.9. The van der Waals surface area contributed by atoms with Gasteiger partial charge < -0.3 is 14.7 Å². The normalized spacial score (nSPS) is 17.7. The van der Waals surface area contributed by atoms with Gasteiger partial charge in [-0.1, -0.05) is 6.07 Å². The largest absolute Gasteiger partial charge is 0.336 e. The first-order valence-electron chi connectivity index (χ1n) is 10.3. The fraction of sp³-hybridized carbons (Fsp3) is 0.524. The summed E-state index contributed by atoms with van der Waals surface area (Å²) in [4.78, 5) is 35.7. The van der Waals surface area contributed by atoms with Crippen molar-refractivity contribution in [2.45, 2.75) is 32.2 Å². The number of fused-ring (bicyclic) bond motifs is 1. The van der Waals surface area contributed by atoms with Crippen LogP contribution in [0.1, 0.15) is 40.2 Å². The first-order valence-corrected chi connectivity index (χ1v) is 10.3. The van der Waals surface area contributed by atoms with Gasteiger partial charge in [-0.15, -0.1) is 0 Å². The first-order chi connectivity index (χ1) is 14.1. The summed E-state index contributed by atoms with van der Waals surface area (Å²) in [6.07, 6.45) is 6.33. The molecule has 1 saturated heterocycles. The predicted molar refractivity (Wildman–Crippen MR) is 108 cm³/mol. The Morgan fingerprint density at radius 3 is 2.86 bits per heavy atom. The Kier molecular flexibility index (Phi) is 5.89. The average Bonchev–Trinajstić information content (AvgIpc) is 3.05. The van der Waals surface area contributed by atoms with Crippen LogP contribution in [0.15, 0.2) is 24.5 Å². The lowest BCUT2D eigenvalue weighted by atomic mass is 10.0. The summed E-state index contributed by atoms with van der Waals surface area (Å²) in [7, 11) is 2.09. The highest BCUT2D eigenvalue weighted by atomic mass is 16.2. The van der Waals surface area contributed by atoms with Crippen molar-refractivity contribution < 1.29 is 9.59 Å². The molecule has 8 heteroatoms. The van der Waals surface area contributed by atoms with Gasteiger partial charge in [-0.25, -0.2) is 0 Å². The van der Waals surface area contributed by atoms with E-state index in [0.717, 1.165) is 49.4 Å². The van der Waals surface area contributed by atoms with Gasteiger partial charge in [0.15, 0.2) is 5.69 Å². The third kappa shape index (κ3) is 4.48. The van der Waals surface area contributed by atoms with Gasteiger partial charge in [-0.3, -0.25) is 19.7 Å². The van der Waals surface area contributed by atoms with Crippen molar-refractivity contribution in [3.8, 4) is 0 Å². The summed E-state index contributed by atoms with van der Waals surface area (Å²) in [5.74, 6) is 0.131. The maximum atomic E-state index is 13.0. The number of likely N-dealkylation sites (N-methyl/N-ethyl adjacent to an activating group) is 1. The molecule has 2 aromatic heterocycles. The Morgan fingerprint density at radius 1 is 1.14 bits per heavy atom. The van der Waals surface area contributed by atoms with Crippen LogP contribution in [-0.4, -0.2) is 81.5 Å². The van der Waals surface area contributed by atoms with Gasteiger partial charge in [-0.2, -0.15) is 5.10 Å². The Balaban J connectivity index is 1.38. The van der Waals surface area contributed by atoms with Crippen molar-refractivity contribution in [1.29, 1.82) is 0 Å². The van der Waals surface area contributed by atoms with Crippen LogP contribution in [0, 0.1) is 0 Å². The lowest BCUT2D eigenvalue weighted by Gasteiger charge is -2.27. The van der Waals surface area contributed by atoms with E-state index in [1.807, 2.05) is 21.9 Å². The minimum absolute atomic E-state index is 0.00848. The molecule has 0 aromatic carbocycles. The van der Waals surface area contributed by atoms with Crippen LogP contribution in [0.25, 0.3) is 0 Å². The maximum absolute atomic E-state index is 13.0. The summed E-state index contributed by atoms with van der Waals surface area (Å²) in [5, 5.41) is 7.35. The number of hydrogen-bond donors (Lipinski definition) is 1. The molecule has 8 nitrogen and oxygen atoms in total. The molecule has 0 unspecified atom stereocenters. The first kappa shape index (κ1) is 19.6. The predicted octanol–water partition coefficient (Wildman–Crippen LogP) is 1.10. The number of carbonyl (C=O) groups is 2. The van der Waals surface area contributed by atoms with Crippen molar-refractivity contribution in [3.63, 3.8) is 0 Å². The zero-order valence-corrected chi connectivity index (χ0v) is 16.9. The Hall–Kier alpha value is -2.74. The van der Waals surface area contributed by atoms with E-state index in [4.69, 9.17) is 0 Å². The number of H-pyrrole nitrogens is 1. The van der Waals surface area contributed by atoms with Gasteiger partial charge in [0.25, 0.3) is 5.91 Å². The third-order valence-electron chi connectivity index (χ3n) is 5.85. The quantitative estimate of drug-likeness (QED) is 0.837. The number of nitrogens with one attached hydrogen (secondary N) is 1. The highest BCUT2D eigenvalue weighted by molar-refractivity contribution is 5.94. The van der Waals surface area contributed by atoms with Crippen LogP contribution in [0.3, 0.4) is 0 Å². The summed E-state index contributed by atoms with van der Waals surface area (Å²) < 4.78 is 0. The Bertz CT molecular complexity index is 865. The minimum Gasteiger partial charge on any atom is -0.336 e. The van der Waals surface area contributed by atoms with E-state index in [1.54, 1.807) is 12.4 Å². The minimum atomic E-state index is 0.00848. The van der Waals surface area contributed by atoms with Crippen LogP contribution in [0.5, 0.6) is 0 Å². The number of hydrogen-bond acceptors (Lipinski definition) is 5. The van der Waals surface area contributed by atoms with Crippen molar-refractivity contribution >= 4 is 11.8 Å². The summed E-state index contributed by atoms with van der Waals surface area (Å²) >= 11 is 0. The van der Waals surface area contributed by atoms with Gasteiger partial charge in [0.1, 0.15) is 0 Å². The van der Waals surface area contributed by atoms with Crippen molar-refractivity contribution in [2.24, 2.45) is 0 Å². The second-order valence-corrected chi connectivity index (χ2v) is 7.90. The molecule has 29 heavy (non-hydrogen) atoms. The van der Waals surface area contributed by atoms with Gasteiger partial charge in [-0.05, 0) is 44.5 Å². The van der Waals surface area contributed by atoms with Gasteiger partial charge in [0, 0.05) is 50.6 Å². The Labute approximate surface area is 170 Å². The number of nitrogens with zero attached hydrogens (tertiary/aromatic N) is 5. The lowest BCUT2D eigenvalue weighted by Crippen LogP contribution is -2.38. The lowest BCUT2D eigenvalue weighted by molar-refractivity contribution is -0.132. The fourth-order valence-corrected chi connectivity index (χ4v) is 4.06. The molecule has 2 aliphatic rings. The van der Waals surface area contributed by atoms with E-state index < -0.39 is 0 Å². The molecular formula is C21H28N6O2. The number of rotatable bonds is 4. The molecule has 4 rings (SSSR count). The van der Waals surface area contributed by atoms with E-state index in [2.05, 4.69) is 27.1 Å². The van der Waals surface area contributed by atoms with E-state index >= 15 is 0 Å². The summed E-state index contributed by atoms with van der Waals surface area (Å²) in [5.41, 5.74) is 3.47. The molecule has 4 heterocycles. The Morgan fingerprint density at radius 2 is 2.03 bits per heavy atom. The van der Waals surface area contributed by atoms with Crippen molar-refractivity contribution in [2.75, 3.05) is 39.8 Å². The van der Waals surface area contributed by atoms with Crippen LogP contribution < -0.4 is 0 Å². The zero-order chi connectivity index (χ0) is 20.2. The second-order valence-electron chi connectivity index (χ2n) is 7.90. The topological polar surface area (TPSA) is 85.4 Å². The number of aromatic nitrogens is 3. The molecule has 0 saturated carbocycles. The van der Waals surface area contributed by atoms with Crippen LogP contribution in [0.2, 0.25) is 0 Å². The molecule has 2 aliphatic heterocycles. The third-order valence-corrected chi connectivity index (χ3v) is 5.85. The number of pyridine rings is 1. The smallest absolute Gasteiger partial charge is 0.274 e. The molecule has 1 N–H and O–H groups in total. The highest BCUT2D eigenvalue weighted by Crippen LogP contribution is 2.22. The van der Waals surface area contributed by atoms with Gasteiger partial charge in [0.2, 0.25) is 5.91 Å². The van der Waals surface area contributed by atoms with E-state index in [1.165, 1.54) is 0 Å². The number of aromatic amines is 1. The standard InChI is InChI=1S/C21H28N6O2/c1-25-9-3-10-26(13-12-25)21(29)20-17-7-11-27(15-18(17)23-24-20)19(28)6-5-16-4-2-8-22-14-16/h2,4,8,14H,3,5-7,9-13,15H2,1H3,(H,23,24). The van der Waals surface area contributed by atoms with Crippen molar-refractivity contribution in [3.05, 3.63) is 47.0 Å². The summed E-state index contributed by atoms with van der Waals surface area (Å²) in [6, 6.07) is 3.88. The van der Waals surface area contributed by atoms with E-state index in [0.29, 0.717) is 38.0 Å². The monoisotopic (exact) mass is 396 g/mol. The molecule has 2 amide bonds. The molecule has 154 valence electrons. The van der Waals surface area contributed by atoms with Crippen molar-refractivity contribution in [1.82, 2.24) is 29.9 Å².